The Morgan fingerprint density at radius 1 is 1.12 bits per heavy atom. The van der Waals surface area contributed by atoms with Crippen LogP contribution >= 0.6 is 11.8 Å². The van der Waals surface area contributed by atoms with Gasteiger partial charge in [0.05, 0.1) is 26.7 Å². The van der Waals surface area contributed by atoms with Crippen molar-refractivity contribution in [3.05, 3.63) is 41.6 Å². The van der Waals surface area contributed by atoms with Gasteiger partial charge in [-0.25, -0.2) is 0 Å². The standard InChI is InChI=1S/C25H32N2O5S/c1-31-19-9-7-18(8-10-19)17-27-21-6-4-3-5-11-25(21,24(30)32-2)20(23(27)29)16-22(28)26-12-14-33-15-13-26/h6-10,20H,3-5,11-17H2,1-2H3/t20-,25-/m0/s1. The van der Waals surface area contributed by atoms with Crippen molar-refractivity contribution in [1.82, 2.24) is 9.80 Å². The summed E-state index contributed by atoms with van der Waals surface area (Å²) in [6.45, 7) is 1.72. The number of amides is 2. The smallest absolute Gasteiger partial charge is 0.318 e. The van der Waals surface area contributed by atoms with E-state index in [1.54, 1.807) is 12.0 Å². The molecule has 1 aromatic rings. The van der Waals surface area contributed by atoms with Crippen molar-refractivity contribution in [3.8, 4) is 5.75 Å². The number of allylic oxidation sites excluding steroid dienone is 1. The maximum Gasteiger partial charge on any atom is 0.318 e. The molecule has 0 radical (unpaired) electrons. The number of likely N-dealkylation sites (tertiary alicyclic amines) is 1. The quantitative estimate of drug-likeness (QED) is 0.592. The molecule has 2 fully saturated rings. The van der Waals surface area contributed by atoms with Crippen LogP contribution in [0, 0.1) is 11.3 Å². The van der Waals surface area contributed by atoms with Crippen molar-refractivity contribution >= 4 is 29.5 Å². The molecule has 0 N–H and O–H groups in total. The molecule has 2 atom stereocenters. The Balaban J connectivity index is 1.69. The number of nitrogens with zero attached hydrogens (tertiary/aromatic N) is 2. The Kier molecular flexibility index (Phi) is 7.32. The van der Waals surface area contributed by atoms with Crippen molar-refractivity contribution in [1.29, 1.82) is 0 Å². The summed E-state index contributed by atoms with van der Waals surface area (Å²) in [5, 5.41) is 0. The second-order valence-corrected chi connectivity index (χ2v) is 10.0. The Bertz CT molecular complexity index is 925. The van der Waals surface area contributed by atoms with Gasteiger partial charge >= 0.3 is 5.97 Å². The molecule has 1 aliphatic carbocycles. The van der Waals surface area contributed by atoms with Crippen LogP contribution in [0.2, 0.25) is 0 Å². The zero-order valence-corrected chi connectivity index (χ0v) is 20.2. The fourth-order valence-electron chi connectivity index (χ4n) is 5.30. The van der Waals surface area contributed by atoms with E-state index in [0.717, 1.165) is 42.1 Å². The molecule has 7 nitrogen and oxygen atoms in total. The highest BCUT2D eigenvalue weighted by Crippen LogP contribution is 2.53. The molecule has 2 heterocycles. The molecule has 0 unspecified atom stereocenters. The van der Waals surface area contributed by atoms with E-state index in [1.807, 2.05) is 47.0 Å². The molecule has 4 rings (SSSR count). The van der Waals surface area contributed by atoms with E-state index in [1.165, 1.54) is 7.11 Å². The second kappa shape index (κ2) is 10.2. The molecule has 1 aromatic carbocycles. The first-order chi connectivity index (χ1) is 16.0. The van der Waals surface area contributed by atoms with E-state index in [4.69, 9.17) is 9.47 Å². The summed E-state index contributed by atoms with van der Waals surface area (Å²) in [6, 6.07) is 7.57. The molecule has 0 spiro atoms. The Morgan fingerprint density at radius 3 is 2.52 bits per heavy atom. The van der Waals surface area contributed by atoms with E-state index >= 15 is 0 Å². The average Bonchev–Trinajstić information content (AvgIpc) is 2.99. The minimum Gasteiger partial charge on any atom is -0.497 e. The van der Waals surface area contributed by atoms with Gasteiger partial charge in [0.15, 0.2) is 0 Å². The van der Waals surface area contributed by atoms with Gasteiger partial charge in [-0.05, 0) is 37.0 Å². The number of esters is 1. The summed E-state index contributed by atoms with van der Waals surface area (Å²) in [4.78, 5) is 43.9. The highest BCUT2D eigenvalue weighted by Gasteiger charge is 2.61. The van der Waals surface area contributed by atoms with E-state index in [0.29, 0.717) is 31.8 Å². The predicted octanol–water partition coefficient (Wildman–Crippen LogP) is 3.24. The predicted molar refractivity (Wildman–Crippen MR) is 127 cm³/mol. The van der Waals surface area contributed by atoms with Crippen LogP contribution in [0.3, 0.4) is 0 Å². The van der Waals surface area contributed by atoms with Crippen LogP contribution in [-0.4, -0.2) is 66.4 Å². The van der Waals surface area contributed by atoms with Crippen LogP contribution in [-0.2, 0) is 25.7 Å². The Hall–Kier alpha value is -2.48. The van der Waals surface area contributed by atoms with Gasteiger partial charge in [0, 0.05) is 36.7 Å². The van der Waals surface area contributed by atoms with E-state index < -0.39 is 17.3 Å². The lowest BCUT2D eigenvalue weighted by atomic mass is 9.71. The molecule has 8 heteroatoms. The molecule has 0 saturated carbocycles. The van der Waals surface area contributed by atoms with Crippen LogP contribution in [0.1, 0.15) is 37.7 Å². The minimum atomic E-state index is -1.10. The van der Waals surface area contributed by atoms with E-state index in [-0.39, 0.29) is 18.2 Å². The van der Waals surface area contributed by atoms with Crippen LogP contribution < -0.4 is 4.74 Å². The van der Waals surface area contributed by atoms with Gasteiger partial charge in [0.25, 0.3) is 0 Å². The van der Waals surface area contributed by atoms with Crippen molar-refractivity contribution in [2.45, 2.75) is 38.6 Å². The summed E-state index contributed by atoms with van der Waals surface area (Å²) in [5.41, 5.74) is 0.544. The number of hydrogen-bond acceptors (Lipinski definition) is 6. The maximum atomic E-state index is 13.8. The lowest BCUT2D eigenvalue weighted by Crippen LogP contribution is -2.44. The summed E-state index contributed by atoms with van der Waals surface area (Å²) in [6.07, 6.45) is 5.12. The van der Waals surface area contributed by atoms with Crippen LogP contribution in [0.5, 0.6) is 5.75 Å². The summed E-state index contributed by atoms with van der Waals surface area (Å²) in [7, 11) is 2.99. The molecule has 0 aromatic heterocycles. The molecule has 2 aliphatic heterocycles. The molecule has 178 valence electrons. The van der Waals surface area contributed by atoms with Gasteiger partial charge in [-0.2, -0.15) is 11.8 Å². The lowest BCUT2D eigenvalue weighted by Gasteiger charge is -2.33. The van der Waals surface area contributed by atoms with E-state index in [9.17, 15) is 14.4 Å². The number of fused-ring (bicyclic) bond motifs is 1. The van der Waals surface area contributed by atoms with Gasteiger partial charge in [-0.3, -0.25) is 14.4 Å². The van der Waals surface area contributed by atoms with Crippen molar-refractivity contribution in [3.63, 3.8) is 0 Å². The SMILES string of the molecule is COC(=O)[C@]12CCCCC=C1N(Cc1ccc(OC)cc1)C(=O)[C@@H]2CC(=O)N1CCSCC1. The van der Waals surface area contributed by atoms with Gasteiger partial charge in [0.1, 0.15) is 11.2 Å². The van der Waals surface area contributed by atoms with Gasteiger partial charge in [-0.15, -0.1) is 0 Å². The molecule has 33 heavy (non-hydrogen) atoms. The first-order valence-corrected chi connectivity index (χ1v) is 12.8. The number of thioether (sulfide) groups is 1. The lowest BCUT2D eigenvalue weighted by molar-refractivity contribution is -0.156. The number of rotatable bonds is 6. The molecule has 2 amide bonds. The summed E-state index contributed by atoms with van der Waals surface area (Å²) >= 11 is 1.83. The van der Waals surface area contributed by atoms with Crippen LogP contribution in [0.4, 0.5) is 0 Å². The maximum absolute atomic E-state index is 13.8. The van der Waals surface area contributed by atoms with Crippen molar-refractivity contribution in [2.75, 3.05) is 38.8 Å². The number of methoxy groups -OCH3 is 2. The van der Waals surface area contributed by atoms with Crippen molar-refractivity contribution < 1.29 is 23.9 Å². The number of carbonyl (C=O) groups is 3. The average molecular weight is 473 g/mol. The molecule has 3 aliphatic rings. The third-order valence-electron chi connectivity index (χ3n) is 7.06. The molecular weight excluding hydrogens is 440 g/mol. The molecular formula is C25H32N2O5S. The third-order valence-corrected chi connectivity index (χ3v) is 8.00. The fraction of sp³-hybridized carbons (Fsp3) is 0.560. The van der Waals surface area contributed by atoms with Crippen molar-refractivity contribution in [2.24, 2.45) is 11.3 Å². The Labute approximate surface area is 199 Å². The van der Waals surface area contributed by atoms with Crippen LogP contribution in [0.15, 0.2) is 36.0 Å². The monoisotopic (exact) mass is 472 g/mol. The number of ether oxygens (including phenoxy) is 2. The largest absolute Gasteiger partial charge is 0.497 e. The number of hydrogen-bond donors (Lipinski definition) is 0. The summed E-state index contributed by atoms with van der Waals surface area (Å²) < 4.78 is 10.5. The second-order valence-electron chi connectivity index (χ2n) is 8.82. The minimum absolute atomic E-state index is 0.0368. The first kappa shape index (κ1) is 23.7. The zero-order chi connectivity index (χ0) is 23.4. The highest BCUT2D eigenvalue weighted by atomic mass is 32.2. The normalized spacial score (nSPS) is 25.2. The Morgan fingerprint density at radius 2 is 1.85 bits per heavy atom. The van der Waals surface area contributed by atoms with Crippen LogP contribution in [0.25, 0.3) is 0 Å². The fourth-order valence-corrected chi connectivity index (χ4v) is 6.21. The number of carbonyl (C=O) groups excluding carboxylic acids is 3. The van der Waals surface area contributed by atoms with Gasteiger partial charge in [0.2, 0.25) is 11.8 Å². The third kappa shape index (κ3) is 4.50. The summed E-state index contributed by atoms with van der Waals surface area (Å²) in [5.74, 6) is 1.19. The topological polar surface area (TPSA) is 76.1 Å². The van der Waals surface area contributed by atoms with Gasteiger partial charge in [-0.1, -0.05) is 24.6 Å². The first-order valence-electron chi connectivity index (χ1n) is 11.6. The van der Waals surface area contributed by atoms with E-state index in [2.05, 4.69) is 0 Å². The highest BCUT2D eigenvalue weighted by molar-refractivity contribution is 7.99. The zero-order valence-electron chi connectivity index (χ0n) is 19.4. The number of benzene rings is 1. The molecule has 2 saturated heterocycles. The molecule has 0 bridgehead atoms. The van der Waals surface area contributed by atoms with Gasteiger partial charge < -0.3 is 19.3 Å².